The standard InChI is InChI=1S/C12H21NO4/c1-8(6-7-14)13-11(15)9-4-2-3-5-10(9)12(16)17/h8-10,14H,2-7H2,1H3,(H,13,15)(H,16,17). The van der Waals surface area contributed by atoms with Crippen molar-refractivity contribution < 1.29 is 19.8 Å². The van der Waals surface area contributed by atoms with Crippen LogP contribution in [0.25, 0.3) is 0 Å². The maximum Gasteiger partial charge on any atom is 0.307 e. The molecule has 0 bridgehead atoms. The highest BCUT2D eigenvalue weighted by molar-refractivity contribution is 5.85. The van der Waals surface area contributed by atoms with Crippen molar-refractivity contribution in [2.24, 2.45) is 11.8 Å². The van der Waals surface area contributed by atoms with E-state index in [9.17, 15) is 9.59 Å². The van der Waals surface area contributed by atoms with Gasteiger partial charge in [-0.05, 0) is 26.2 Å². The van der Waals surface area contributed by atoms with Crippen LogP contribution in [0.15, 0.2) is 0 Å². The summed E-state index contributed by atoms with van der Waals surface area (Å²) >= 11 is 0. The molecule has 1 aliphatic carbocycles. The van der Waals surface area contributed by atoms with Crippen LogP contribution < -0.4 is 5.32 Å². The monoisotopic (exact) mass is 243 g/mol. The lowest BCUT2D eigenvalue weighted by molar-refractivity contribution is -0.149. The van der Waals surface area contributed by atoms with E-state index in [1.54, 1.807) is 0 Å². The molecule has 0 aromatic heterocycles. The molecule has 3 unspecified atom stereocenters. The summed E-state index contributed by atoms with van der Waals surface area (Å²) in [6, 6.07) is -0.108. The number of carbonyl (C=O) groups excluding carboxylic acids is 1. The molecular formula is C12H21NO4. The van der Waals surface area contributed by atoms with E-state index in [0.29, 0.717) is 19.3 Å². The van der Waals surface area contributed by atoms with Gasteiger partial charge in [-0.1, -0.05) is 12.8 Å². The largest absolute Gasteiger partial charge is 0.481 e. The third kappa shape index (κ3) is 4.00. The zero-order chi connectivity index (χ0) is 12.8. The quantitative estimate of drug-likeness (QED) is 0.665. The number of carbonyl (C=O) groups is 2. The molecule has 0 radical (unpaired) electrons. The highest BCUT2D eigenvalue weighted by atomic mass is 16.4. The number of aliphatic hydroxyl groups excluding tert-OH is 1. The molecule has 5 heteroatoms. The second kappa shape index (κ2) is 6.59. The van der Waals surface area contributed by atoms with E-state index in [0.717, 1.165) is 12.8 Å². The van der Waals surface area contributed by atoms with Crippen LogP contribution in [0.2, 0.25) is 0 Å². The Morgan fingerprint density at radius 1 is 1.29 bits per heavy atom. The summed E-state index contributed by atoms with van der Waals surface area (Å²) in [5, 5.41) is 20.6. The third-order valence-electron chi connectivity index (χ3n) is 3.37. The minimum Gasteiger partial charge on any atom is -0.481 e. The van der Waals surface area contributed by atoms with Crippen LogP contribution in [0, 0.1) is 11.8 Å². The Morgan fingerprint density at radius 2 is 1.88 bits per heavy atom. The Bertz CT molecular complexity index is 280. The smallest absolute Gasteiger partial charge is 0.307 e. The van der Waals surface area contributed by atoms with Crippen LogP contribution in [0.3, 0.4) is 0 Å². The second-order valence-electron chi connectivity index (χ2n) is 4.76. The van der Waals surface area contributed by atoms with Crippen molar-refractivity contribution in [3.63, 3.8) is 0 Å². The first-order valence-electron chi connectivity index (χ1n) is 6.20. The van der Waals surface area contributed by atoms with Crippen LogP contribution in [0.5, 0.6) is 0 Å². The first kappa shape index (κ1) is 14.0. The Hall–Kier alpha value is -1.10. The van der Waals surface area contributed by atoms with Crippen molar-refractivity contribution in [3.05, 3.63) is 0 Å². The van der Waals surface area contributed by atoms with Crippen LogP contribution in [-0.2, 0) is 9.59 Å². The lowest BCUT2D eigenvalue weighted by Crippen LogP contribution is -2.43. The Labute approximate surface area is 101 Å². The molecule has 0 spiro atoms. The van der Waals surface area contributed by atoms with Crippen LogP contribution >= 0.6 is 0 Å². The fourth-order valence-corrected chi connectivity index (χ4v) is 2.36. The maximum absolute atomic E-state index is 11.9. The van der Waals surface area contributed by atoms with E-state index >= 15 is 0 Å². The average molecular weight is 243 g/mol. The number of hydrogen-bond donors (Lipinski definition) is 3. The Balaban J connectivity index is 2.56. The van der Waals surface area contributed by atoms with E-state index in [1.165, 1.54) is 0 Å². The van der Waals surface area contributed by atoms with Gasteiger partial charge in [-0.15, -0.1) is 0 Å². The molecule has 0 aliphatic heterocycles. The van der Waals surface area contributed by atoms with Crippen molar-refractivity contribution in [2.45, 2.75) is 45.1 Å². The Morgan fingerprint density at radius 3 is 2.41 bits per heavy atom. The number of amides is 1. The molecule has 0 aromatic rings. The van der Waals surface area contributed by atoms with Crippen molar-refractivity contribution in [1.29, 1.82) is 0 Å². The number of rotatable bonds is 5. The average Bonchev–Trinajstić information content (AvgIpc) is 2.29. The fraction of sp³-hybridized carbons (Fsp3) is 0.833. The van der Waals surface area contributed by atoms with Crippen LogP contribution in [-0.4, -0.2) is 34.7 Å². The summed E-state index contributed by atoms with van der Waals surface area (Å²) in [6.07, 6.45) is 3.52. The molecule has 5 nitrogen and oxygen atoms in total. The lowest BCUT2D eigenvalue weighted by atomic mass is 9.78. The minimum atomic E-state index is -0.875. The van der Waals surface area contributed by atoms with Gasteiger partial charge in [-0.3, -0.25) is 9.59 Å². The molecule has 0 saturated heterocycles. The first-order valence-corrected chi connectivity index (χ1v) is 6.20. The van der Waals surface area contributed by atoms with E-state index in [2.05, 4.69) is 5.32 Å². The van der Waals surface area contributed by atoms with E-state index < -0.39 is 17.8 Å². The summed E-state index contributed by atoms with van der Waals surface area (Å²) in [6.45, 7) is 1.83. The van der Waals surface area contributed by atoms with E-state index in [1.807, 2.05) is 6.92 Å². The van der Waals surface area contributed by atoms with Gasteiger partial charge in [-0.25, -0.2) is 0 Å². The van der Waals surface area contributed by atoms with Crippen LogP contribution in [0.4, 0.5) is 0 Å². The number of carboxylic acids is 1. The minimum absolute atomic E-state index is 0.0223. The van der Waals surface area contributed by atoms with Gasteiger partial charge in [0.2, 0.25) is 5.91 Å². The van der Waals surface area contributed by atoms with Crippen molar-refractivity contribution in [2.75, 3.05) is 6.61 Å². The summed E-state index contributed by atoms with van der Waals surface area (Å²) in [4.78, 5) is 23.0. The zero-order valence-electron chi connectivity index (χ0n) is 10.2. The first-order chi connectivity index (χ1) is 8.06. The normalized spacial score (nSPS) is 26.2. The van der Waals surface area contributed by atoms with Crippen LogP contribution in [0.1, 0.15) is 39.0 Å². The predicted octanol–water partition coefficient (Wildman–Crippen LogP) is 0.764. The molecule has 1 amide bonds. The summed E-state index contributed by atoms with van der Waals surface area (Å²) in [5.74, 6) is -2.02. The van der Waals surface area contributed by atoms with Gasteiger partial charge in [0.1, 0.15) is 0 Å². The van der Waals surface area contributed by atoms with Gasteiger partial charge in [-0.2, -0.15) is 0 Å². The van der Waals surface area contributed by atoms with Crippen molar-refractivity contribution in [1.82, 2.24) is 5.32 Å². The maximum atomic E-state index is 11.9. The second-order valence-corrected chi connectivity index (χ2v) is 4.76. The van der Waals surface area contributed by atoms with E-state index in [4.69, 9.17) is 10.2 Å². The predicted molar refractivity (Wildman–Crippen MR) is 62.4 cm³/mol. The number of carboxylic acid groups (broad SMARTS) is 1. The topological polar surface area (TPSA) is 86.6 Å². The molecule has 0 heterocycles. The highest BCUT2D eigenvalue weighted by Gasteiger charge is 2.35. The molecule has 0 aromatic carbocycles. The Kier molecular flexibility index (Phi) is 5.41. The SMILES string of the molecule is CC(CCO)NC(=O)C1CCCCC1C(=O)O. The third-order valence-corrected chi connectivity index (χ3v) is 3.37. The number of nitrogens with one attached hydrogen (secondary N) is 1. The zero-order valence-corrected chi connectivity index (χ0v) is 10.2. The van der Waals surface area contributed by atoms with Gasteiger partial charge in [0.05, 0.1) is 11.8 Å². The fourth-order valence-electron chi connectivity index (χ4n) is 2.36. The van der Waals surface area contributed by atoms with Gasteiger partial charge in [0.25, 0.3) is 0 Å². The van der Waals surface area contributed by atoms with E-state index in [-0.39, 0.29) is 18.6 Å². The lowest BCUT2D eigenvalue weighted by Gasteiger charge is -2.28. The molecule has 3 atom stereocenters. The molecule has 1 fully saturated rings. The summed E-state index contributed by atoms with van der Waals surface area (Å²) in [5.41, 5.74) is 0. The molecule has 1 aliphatic rings. The number of hydrogen-bond acceptors (Lipinski definition) is 3. The molecule has 1 saturated carbocycles. The molecule has 3 N–H and O–H groups in total. The molecular weight excluding hydrogens is 222 g/mol. The molecule has 98 valence electrons. The van der Waals surface area contributed by atoms with Gasteiger partial charge >= 0.3 is 5.97 Å². The number of aliphatic carboxylic acids is 1. The molecule has 17 heavy (non-hydrogen) atoms. The molecule has 1 rings (SSSR count). The number of aliphatic hydroxyl groups is 1. The van der Waals surface area contributed by atoms with Gasteiger partial charge in [0, 0.05) is 12.6 Å². The highest BCUT2D eigenvalue weighted by Crippen LogP contribution is 2.30. The summed E-state index contributed by atoms with van der Waals surface area (Å²) in [7, 11) is 0. The van der Waals surface area contributed by atoms with Gasteiger partial charge < -0.3 is 15.5 Å². The van der Waals surface area contributed by atoms with Crippen molar-refractivity contribution >= 4 is 11.9 Å². The van der Waals surface area contributed by atoms with Gasteiger partial charge in [0.15, 0.2) is 0 Å². The summed E-state index contributed by atoms with van der Waals surface area (Å²) < 4.78 is 0. The van der Waals surface area contributed by atoms with Crippen molar-refractivity contribution in [3.8, 4) is 0 Å².